The maximum Gasteiger partial charge on any atom is 1.00 e. The fraction of sp³-hybridized carbons (Fsp3) is 0. The summed E-state index contributed by atoms with van der Waals surface area (Å²) in [5, 5.41) is 0. The zero-order valence-electron chi connectivity index (χ0n) is 3.50. The molecule has 0 unspecified atom stereocenters. The van der Waals surface area contributed by atoms with Gasteiger partial charge in [0.1, 0.15) is 0 Å². The van der Waals surface area contributed by atoms with E-state index in [0.29, 0.717) is 0 Å². The van der Waals surface area contributed by atoms with E-state index < -0.39 is 10.4 Å². The third kappa shape index (κ3) is 93.1. The molecule has 0 spiro atoms. The molecule has 2 N–H and O–H groups in total. The van der Waals surface area contributed by atoms with E-state index in [1.807, 2.05) is 0 Å². The van der Waals surface area contributed by atoms with E-state index in [4.69, 9.17) is 17.5 Å². The van der Waals surface area contributed by atoms with Crippen LogP contribution in [-0.4, -0.2) is 17.5 Å². The molecule has 0 bridgehead atoms. The van der Waals surface area contributed by atoms with Crippen molar-refractivity contribution in [2.75, 3.05) is 0 Å². The van der Waals surface area contributed by atoms with Gasteiger partial charge < -0.3 is 24.0 Å². The summed E-state index contributed by atoms with van der Waals surface area (Å²) in [6.07, 6.45) is 0. The Bertz CT molecular complexity index is 94.9. The molecule has 0 aromatic rings. The summed E-state index contributed by atoms with van der Waals surface area (Å²) < 4.78 is 31.6. The van der Waals surface area contributed by atoms with Crippen LogP contribution in [0.3, 0.4) is 0 Å². The zero-order valence-corrected chi connectivity index (χ0v) is 8.47. The second-order valence-electron chi connectivity index (χ2n) is 0.448. The van der Waals surface area contributed by atoms with Crippen molar-refractivity contribution in [1.82, 2.24) is 0 Å². The minimum atomic E-state index is -4.67. The molecule has 40 valence electrons. The molecule has 7 heteroatoms. The van der Waals surface area contributed by atoms with Gasteiger partial charge in [-0.3, -0.25) is 9.11 Å². The quantitative estimate of drug-likeness (QED) is 0.254. The average Bonchev–Trinajstić information content (AvgIpc) is 0.722. The molecular formula is H2INaO4S. The molecule has 0 aliphatic carbocycles. The standard InChI is InChI=1S/HI.Na.H2O4S/c;;1-5(2,3)4/h1H;;(H2,1,2,3,4)/q;+1;/p-1. The van der Waals surface area contributed by atoms with Gasteiger partial charge in [0.25, 0.3) is 0 Å². The molecule has 0 radical (unpaired) electrons. The van der Waals surface area contributed by atoms with Crippen LogP contribution in [0.4, 0.5) is 0 Å². The molecule has 0 saturated carbocycles. The molecular weight excluding hydrogens is 246 g/mol. The Balaban J connectivity index is -0.0000000800. The Labute approximate surface area is 80.6 Å². The molecule has 4 nitrogen and oxygen atoms in total. The van der Waals surface area contributed by atoms with Gasteiger partial charge in [-0.1, -0.05) is 0 Å². The van der Waals surface area contributed by atoms with E-state index in [1.54, 1.807) is 0 Å². The first-order valence-corrected chi connectivity index (χ1v) is 2.10. The average molecular weight is 248 g/mol. The Hall–Kier alpha value is 1.60. The van der Waals surface area contributed by atoms with Crippen molar-refractivity contribution in [3.63, 3.8) is 0 Å². The monoisotopic (exact) mass is 248 g/mol. The minimum absolute atomic E-state index is 0. The van der Waals surface area contributed by atoms with Crippen molar-refractivity contribution in [3.8, 4) is 0 Å². The zero-order chi connectivity index (χ0) is 4.50. The van der Waals surface area contributed by atoms with Gasteiger partial charge in [-0.05, 0) is 0 Å². The molecule has 7 heavy (non-hydrogen) atoms. The van der Waals surface area contributed by atoms with E-state index >= 15 is 0 Å². The van der Waals surface area contributed by atoms with Crippen LogP contribution in [0.5, 0.6) is 0 Å². The summed E-state index contributed by atoms with van der Waals surface area (Å²) in [6.45, 7) is 0. The van der Waals surface area contributed by atoms with Crippen LogP contribution in [0.25, 0.3) is 0 Å². The Morgan fingerprint density at radius 3 is 1.14 bits per heavy atom. The van der Waals surface area contributed by atoms with Gasteiger partial charge in [0.2, 0.25) is 0 Å². The summed E-state index contributed by atoms with van der Waals surface area (Å²) in [5.74, 6) is 0. The smallest absolute Gasteiger partial charge is 1.00 e. The number of rotatable bonds is 0. The van der Waals surface area contributed by atoms with E-state index in [1.165, 1.54) is 0 Å². The van der Waals surface area contributed by atoms with Gasteiger partial charge in [0.05, 0.1) is 0 Å². The molecule has 0 aromatic heterocycles. The van der Waals surface area contributed by atoms with Gasteiger partial charge >= 0.3 is 40.0 Å². The van der Waals surface area contributed by atoms with Gasteiger partial charge in [-0.15, -0.1) is 0 Å². The third-order valence-electron chi connectivity index (χ3n) is 0. The number of hydrogen-bond donors (Lipinski definition) is 2. The first-order chi connectivity index (χ1) is 2.00. The van der Waals surface area contributed by atoms with Gasteiger partial charge in [0, 0.05) is 0 Å². The Morgan fingerprint density at radius 1 is 1.14 bits per heavy atom. The van der Waals surface area contributed by atoms with Crippen LogP contribution in [0.15, 0.2) is 0 Å². The molecule has 0 atom stereocenters. The molecule has 0 rings (SSSR count). The van der Waals surface area contributed by atoms with Crippen LogP contribution >= 0.6 is 0 Å². The normalized spacial score (nSPS) is 8.29. The van der Waals surface area contributed by atoms with Gasteiger partial charge in [0.15, 0.2) is 0 Å². The first kappa shape index (κ1) is 15.8. The fourth-order valence-electron chi connectivity index (χ4n) is 0. The molecule has 0 aromatic carbocycles. The summed E-state index contributed by atoms with van der Waals surface area (Å²) >= 11 is 0. The maximum atomic E-state index is 8.74. The van der Waals surface area contributed by atoms with Crippen molar-refractivity contribution in [1.29, 1.82) is 0 Å². The second-order valence-corrected chi connectivity index (χ2v) is 1.34. The van der Waals surface area contributed by atoms with Crippen LogP contribution in [0.2, 0.25) is 0 Å². The van der Waals surface area contributed by atoms with Crippen LogP contribution in [-0.2, 0) is 10.4 Å². The topological polar surface area (TPSA) is 74.6 Å². The van der Waals surface area contributed by atoms with Gasteiger partial charge in [-0.2, -0.15) is 8.42 Å². The van der Waals surface area contributed by atoms with Crippen LogP contribution in [0, 0.1) is 0 Å². The van der Waals surface area contributed by atoms with Gasteiger partial charge in [-0.25, -0.2) is 0 Å². The van der Waals surface area contributed by atoms with E-state index in [-0.39, 0.29) is 53.5 Å². The van der Waals surface area contributed by atoms with Crippen molar-refractivity contribution in [3.05, 3.63) is 0 Å². The summed E-state index contributed by atoms with van der Waals surface area (Å²) in [5.41, 5.74) is 0. The van der Waals surface area contributed by atoms with Crippen LogP contribution < -0.4 is 53.5 Å². The summed E-state index contributed by atoms with van der Waals surface area (Å²) in [6, 6.07) is 0. The molecule has 0 heterocycles. The first-order valence-electron chi connectivity index (χ1n) is 0.698. The SMILES string of the molecule is O=S(=O)(O)O.[I-].[Na+]. The predicted molar refractivity (Wildman–Crippen MR) is 14.2 cm³/mol. The Morgan fingerprint density at radius 2 is 1.14 bits per heavy atom. The number of halogens is 1. The molecule has 0 saturated heterocycles. The van der Waals surface area contributed by atoms with Crippen molar-refractivity contribution < 1.29 is 71.1 Å². The fourth-order valence-corrected chi connectivity index (χ4v) is 0. The van der Waals surface area contributed by atoms with Crippen LogP contribution in [0.1, 0.15) is 0 Å². The van der Waals surface area contributed by atoms with E-state index in [2.05, 4.69) is 0 Å². The number of hydrogen-bond acceptors (Lipinski definition) is 2. The van der Waals surface area contributed by atoms with E-state index in [0.717, 1.165) is 0 Å². The molecule has 0 aliphatic heterocycles. The molecule has 0 amide bonds. The molecule has 0 aliphatic rings. The maximum absolute atomic E-state index is 8.74. The van der Waals surface area contributed by atoms with E-state index in [9.17, 15) is 0 Å². The summed E-state index contributed by atoms with van der Waals surface area (Å²) in [4.78, 5) is 0. The second kappa shape index (κ2) is 5.73. The largest absolute Gasteiger partial charge is 1.00 e. The predicted octanol–water partition coefficient (Wildman–Crippen LogP) is -6.64. The van der Waals surface area contributed by atoms with Crippen molar-refractivity contribution in [2.45, 2.75) is 0 Å². The van der Waals surface area contributed by atoms with Crippen molar-refractivity contribution in [2.24, 2.45) is 0 Å². The summed E-state index contributed by atoms with van der Waals surface area (Å²) in [7, 11) is -4.67. The third-order valence-corrected chi connectivity index (χ3v) is 0. The minimum Gasteiger partial charge on any atom is -1.00 e. The Kier molecular flexibility index (Phi) is 13.0. The molecule has 0 fully saturated rings. The van der Waals surface area contributed by atoms with Crippen molar-refractivity contribution >= 4 is 10.4 Å².